The molecule has 0 bridgehead atoms. The number of carbonyl (C=O) groups is 2. The van der Waals surface area contributed by atoms with Crippen molar-refractivity contribution in [2.24, 2.45) is 0 Å². The molecule has 0 saturated carbocycles. The monoisotopic (exact) mass is 378 g/mol. The number of carboxylic acid groups (broad SMARTS) is 1. The molecule has 2 aromatic rings. The second kappa shape index (κ2) is 8.64. The Hall–Kier alpha value is -3.93. The maximum Gasteiger partial charge on any atom is 0.335 e. The number of piperazine rings is 1. The number of carbonyl (C=O) groups excluding carboxylic acids is 1. The molecule has 1 aliphatic rings. The van der Waals surface area contributed by atoms with E-state index in [1.165, 1.54) is 24.4 Å². The summed E-state index contributed by atoms with van der Waals surface area (Å²) in [6.07, 6.45) is 4.90. The summed E-state index contributed by atoms with van der Waals surface area (Å²) in [5, 5.41) is 20.9. The van der Waals surface area contributed by atoms with Crippen molar-refractivity contribution in [3.05, 3.63) is 60.1 Å². The van der Waals surface area contributed by atoms with Crippen LogP contribution in [-0.4, -0.2) is 58.0 Å². The Morgan fingerprint density at radius 2 is 1.86 bits per heavy atom. The normalized spacial score (nSPS) is 14.3. The second-order valence-electron chi connectivity index (χ2n) is 6.07. The number of hydrogen-bond acceptors (Lipinski definition) is 7. The SMILES string of the molecule is N#C/C(=C/N1CCN(c2ncccn2)CC1)C(=O)Nc1cccc(C(=O)O)c1. The Morgan fingerprint density at radius 3 is 2.50 bits per heavy atom. The van der Waals surface area contributed by atoms with Gasteiger partial charge in [0.2, 0.25) is 5.95 Å². The van der Waals surface area contributed by atoms with Gasteiger partial charge in [0, 0.05) is 50.5 Å². The number of nitrogens with zero attached hydrogens (tertiary/aromatic N) is 5. The van der Waals surface area contributed by atoms with E-state index in [9.17, 15) is 14.9 Å². The quantitative estimate of drug-likeness (QED) is 0.590. The molecule has 1 aromatic heterocycles. The predicted molar refractivity (Wildman–Crippen MR) is 102 cm³/mol. The molecular weight excluding hydrogens is 360 g/mol. The van der Waals surface area contributed by atoms with Crippen molar-refractivity contribution < 1.29 is 14.7 Å². The summed E-state index contributed by atoms with van der Waals surface area (Å²) in [7, 11) is 0. The highest BCUT2D eigenvalue weighted by atomic mass is 16.4. The number of anilines is 2. The topological polar surface area (TPSA) is 122 Å². The molecule has 9 nitrogen and oxygen atoms in total. The first-order valence-corrected chi connectivity index (χ1v) is 8.59. The molecule has 2 N–H and O–H groups in total. The Labute approximate surface area is 161 Å². The van der Waals surface area contributed by atoms with Crippen LogP contribution in [0.3, 0.4) is 0 Å². The summed E-state index contributed by atoms with van der Waals surface area (Å²) in [6.45, 7) is 2.57. The van der Waals surface area contributed by atoms with Crippen LogP contribution in [0.4, 0.5) is 11.6 Å². The number of carboxylic acids is 1. The van der Waals surface area contributed by atoms with E-state index in [1.807, 2.05) is 15.9 Å². The fraction of sp³-hybridized carbons (Fsp3) is 0.211. The van der Waals surface area contributed by atoms with Gasteiger partial charge in [-0.15, -0.1) is 0 Å². The highest BCUT2D eigenvalue weighted by molar-refractivity contribution is 6.06. The molecule has 9 heteroatoms. The van der Waals surface area contributed by atoms with Gasteiger partial charge in [-0.25, -0.2) is 14.8 Å². The van der Waals surface area contributed by atoms with Crippen molar-refractivity contribution in [2.45, 2.75) is 0 Å². The molecule has 1 amide bonds. The van der Waals surface area contributed by atoms with Gasteiger partial charge in [-0.05, 0) is 24.3 Å². The van der Waals surface area contributed by atoms with E-state index in [1.54, 1.807) is 24.5 Å². The molecule has 0 unspecified atom stereocenters. The van der Waals surface area contributed by atoms with Crippen molar-refractivity contribution >= 4 is 23.5 Å². The number of nitriles is 1. The minimum Gasteiger partial charge on any atom is -0.478 e. The summed E-state index contributed by atoms with van der Waals surface area (Å²) < 4.78 is 0. The van der Waals surface area contributed by atoms with Crippen LogP contribution in [0.2, 0.25) is 0 Å². The largest absolute Gasteiger partial charge is 0.478 e. The molecule has 28 heavy (non-hydrogen) atoms. The first-order valence-electron chi connectivity index (χ1n) is 8.59. The number of aromatic nitrogens is 2. The molecule has 0 aliphatic carbocycles. The van der Waals surface area contributed by atoms with Gasteiger partial charge < -0.3 is 20.2 Å². The van der Waals surface area contributed by atoms with E-state index in [0.717, 1.165) is 0 Å². The number of hydrogen-bond donors (Lipinski definition) is 2. The average Bonchev–Trinajstić information content (AvgIpc) is 2.73. The van der Waals surface area contributed by atoms with E-state index in [-0.39, 0.29) is 11.1 Å². The van der Waals surface area contributed by atoms with E-state index in [4.69, 9.17) is 5.11 Å². The molecule has 1 fully saturated rings. The van der Waals surface area contributed by atoms with Gasteiger partial charge in [-0.1, -0.05) is 6.07 Å². The fourth-order valence-corrected chi connectivity index (χ4v) is 2.75. The smallest absolute Gasteiger partial charge is 0.335 e. The van der Waals surface area contributed by atoms with E-state index in [2.05, 4.69) is 15.3 Å². The molecule has 1 saturated heterocycles. The van der Waals surface area contributed by atoms with Crippen molar-refractivity contribution in [3.63, 3.8) is 0 Å². The van der Waals surface area contributed by atoms with E-state index < -0.39 is 11.9 Å². The third kappa shape index (κ3) is 4.62. The zero-order chi connectivity index (χ0) is 19.9. The Morgan fingerprint density at radius 1 is 1.14 bits per heavy atom. The molecule has 0 spiro atoms. The Bertz CT molecular complexity index is 930. The number of aromatic carboxylic acids is 1. The van der Waals surface area contributed by atoms with Crippen LogP contribution < -0.4 is 10.2 Å². The molecule has 1 aliphatic heterocycles. The fourth-order valence-electron chi connectivity index (χ4n) is 2.75. The second-order valence-corrected chi connectivity index (χ2v) is 6.07. The van der Waals surface area contributed by atoms with Crippen LogP contribution in [0.1, 0.15) is 10.4 Å². The van der Waals surface area contributed by atoms with Crippen LogP contribution in [0.5, 0.6) is 0 Å². The van der Waals surface area contributed by atoms with Crippen LogP contribution in [0.25, 0.3) is 0 Å². The van der Waals surface area contributed by atoms with Crippen LogP contribution in [0, 0.1) is 11.3 Å². The van der Waals surface area contributed by atoms with Gasteiger partial charge in [0.25, 0.3) is 5.91 Å². The number of amides is 1. The van der Waals surface area contributed by atoms with Crippen molar-refractivity contribution in [1.82, 2.24) is 14.9 Å². The number of benzene rings is 1. The van der Waals surface area contributed by atoms with Gasteiger partial charge in [0.1, 0.15) is 11.6 Å². The molecule has 0 atom stereocenters. The highest BCUT2D eigenvalue weighted by Gasteiger charge is 2.19. The maximum atomic E-state index is 12.4. The van der Waals surface area contributed by atoms with Gasteiger partial charge in [0.05, 0.1) is 5.56 Å². The molecule has 142 valence electrons. The first-order chi connectivity index (χ1) is 13.6. The minimum atomic E-state index is -1.09. The van der Waals surface area contributed by atoms with E-state index >= 15 is 0 Å². The first kappa shape index (κ1) is 18.8. The van der Waals surface area contributed by atoms with Gasteiger partial charge in [0.15, 0.2) is 0 Å². The predicted octanol–water partition coefficient (Wildman–Crippen LogP) is 1.34. The van der Waals surface area contributed by atoms with Gasteiger partial charge in [-0.2, -0.15) is 5.26 Å². The summed E-state index contributed by atoms with van der Waals surface area (Å²) >= 11 is 0. The standard InChI is InChI=1S/C19H18N6O3/c20-12-15(17(26)23-16-4-1-3-14(11-16)18(27)28)13-24-7-9-25(10-8-24)19-21-5-2-6-22-19/h1-6,11,13H,7-10H2,(H,23,26)(H,27,28)/b15-13-. The summed E-state index contributed by atoms with van der Waals surface area (Å²) in [5.74, 6) is -1.02. The third-order valence-electron chi connectivity index (χ3n) is 4.19. The lowest BCUT2D eigenvalue weighted by Crippen LogP contribution is -2.45. The lowest BCUT2D eigenvalue weighted by molar-refractivity contribution is -0.112. The Kier molecular flexibility index (Phi) is 5.81. The highest BCUT2D eigenvalue weighted by Crippen LogP contribution is 2.14. The molecular formula is C19H18N6O3. The average molecular weight is 378 g/mol. The number of rotatable bonds is 5. The summed E-state index contributed by atoms with van der Waals surface area (Å²) in [5.41, 5.74) is 0.321. The maximum absolute atomic E-state index is 12.4. The van der Waals surface area contributed by atoms with Gasteiger partial charge >= 0.3 is 5.97 Å². The lowest BCUT2D eigenvalue weighted by Gasteiger charge is -2.34. The Balaban J connectivity index is 1.62. The zero-order valence-corrected chi connectivity index (χ0v) is 14.9. The molecule has 2 heterocycles. The third-order valence-corrected chi connectivity index (χ3v) is 4.19. The van der Waals surface area contributed by atoms with Crippen molar-refractivity contribution in [2.75, 3.05) is 36.4 Å². The molecule has 3 rings (SSSR count). The minimum absolute atomic E-state index is 0.0508. The van der Waals surface area contributed by atoms with Crippen LogP contribution in [0.15, 0.2) is 54.5 Å². The van der Waals surface area contributed by atoms with Crippen molar-refractivity contribution in [1.29, 1.82) is 5.26 Å². The van der Waals surface area contributed by atoms with E-state index in [0.29, 0.717) is 37.8 Å². The lowest BCUT2D eigenvalue weighted by atomic mass is 10.2. The number of nitrogens with one attached hydrogen (secondary N) is 1. The van der Waals surface area contributed by atoms with Crippen molar-refractivity contribution in [3.8, 4) is 6.07 Å². The zero-order valence-electron chi connectivity index (χ0n) is 14.9. The van der Waals surface area contributed by atoms with Crippen LogP contribution in [-0.2, 0) is 4.79 Å². The molecule has 1 aromatic carbocycles. The molecule has 0 radical (unpaired) electrons. The summed E-state index contributed by atoms with van der Waals surface area (Å²) in [4.78, 5) is 35.8. The van der Waals surface area contributed by atoms with Gasteiger partial charge in [-0.3, -0.25) is 4.79 Å². The summed E-state index contributed by atoms with van der Waals surface area (Å²) in [6, 6.07) is 9.52. The van der Waals surface area contributed by atoms with Crippen LogP contribution >= 0.6 is 0 Å².